The lowest BCUT2D eigenvalue weighted by Crippen LogP contribution is -2.32. The molecule has 4 rings (SSSR count). The number of unbranched alkanes of at least 4 members (excludes halogenated alkanes) is 14. The first-order valence-electron chi connectivity index (χ1n) is 17.5. The Morgan fingerprint density at radius 3 is 1.09 bits per heavy atom. The van der Waals surface area contributed by atoms with Crippen LogP contribution in [0.5, 0.6) is 11.5 Å². The van der Waals surface area contributed by atoms with Crippen molar-refractivity contribution in [2.24, 2.45) is 0 Å². The molecule has 4 heteroatoms. The predicted molar refractivity (Wildman–Crippen MR) is 182 cm³/mol. The van der Waals surface area contributed by atoms with E-state index in [1.807, 2.05) is 0 Å². The molecule has 2 aromatic heterocycles. The number of aromatic nitrogens is 2. The molecule has 236 valence electrons. The molecule has 4 aromatic rings. The number of benzene rings is 2. The Bertz CT molecular complexity index is 1180. The SMILES string of the molecule is c1cc[n+](CCCCCCCCCCOc2ccc3cc(OCCCCCCCCCC[n+]4ccccc4)ccc3c2)cc1. The van der Waals surface area contributed by atoms with E-state index >= 15 is 0 Å². The van der Waals surface area contributed by atoms with Gasteiger partial charge in [-0.25, -0.2) is 9.13 Å². The third-order valence-corrected chi connectivity index (χ3v) is 8.50. The molecule has 0 unspecified atom stereocenters. The fourth-order valence-corrected chi connectivity index (χ4v) is 5.84. The molecule has 0 spiro atoms. The van der Waals surface area contributed by atoms with E-state index in [1.165, 1.54) is 101 Å². The average Bonchev–Trinajstić information content (AvgIpc) is 3.07. The molecular formula is C40H56N2O2+2. The van der Waals surface area contributed by atoms with Crippen LogP contribution in [0.4, 0.5) is 0 Å². The number of pyridine rings is 2. The Morgan fingerprint density at radius 1 is 0.364 bits per heavy atom. The quantitative estimate of drug-likeness (QED) is 0.0594. The van der Waals surface area contributed by atoms with Crippen LogP contribution >= 0.6 is 0 Å². The first-order chi connectivity index (χ1) is 21.9. The van der Waals surface area contributed by atoms with E-state index < -0.39 is 0 Å². The van der Waals surface area contributed by atoms with Gasteiger partial charge in [-0.2, -0.15) is 0 Å². The van der Waals surface area contributed by atoms with E-state index in [0.29, 0.717) is 0 Å². The molecule has 0 aliphatic carbocycles. The van der Waals surface area contributed by atoms with Gasteiger partial charge >= 0.3 is 0 Å². The summed E-state index contributed by atoms with van der Waals surface area (Å²) in [5, 5.41) is 2.42. The minimum atomic E-state index is 0.800. The molecule has 0 radical (unpaired) electrons. The summed E-state index contributed by atoms with van der Waals surface area (Å²) in [5.74, 6) is 1.94. The lowest BCUT2D eigenvalue weighted by Gasteiger charge is -2.10. The standard InChI is InChI=1S/C40H56N2O2/c1(5-9-15-27-41-29-17-13-18-30-41)3-7-11-21-33-43-39-25-23-38-36-40(26-24-37(38)35-39)44-34-22-12-8-4-2-6-10-16-28-42-31-19-14-20-32-42/h13-14,17-20,23-26,29-32,35-36H,1-12,15-16,21-22,27-28,33-34H2/q+2. The van der Waals surface area contributed by atoms with Crippen LogP contribution in [-0.2, 0) is 13.1 Å². The lowest BCUT2D eigenvalue weighted by molar-refractivity contribution is -0.697. The van der Waals surface area contributed by atoms with Crippen molar-refractivity contribution < 1.29 is 18.6 Å². The highest BCUT2D eigenvalue weighted by molar-refractivity contribution is 5.85. The fraction of sp³-hybridized carbons (Fsp3) is 0.500. The molecule has 44 heavy (non-hydrogen) atoms. The summed E-state index contributed by atoms with van der Waals surface area (Å²) in [6.07, 6.45) is 29.3. The van der Waals surface area contributed by atoms with Crippen LogP contribution in [0.15, 0.2) is 97.6 Å². The van der Waals surface area contributed by atoms with Crippen LogP contribution in [0, 0.1) is 0 Å². The maximum absolute atomic E-state index is 6.07. The number of hydrogen-bond acceptors (Lipinski definition) is 2. The summed E-state index contributed by atoms with van der Waals surface area (Å²) in [5.41, 5.74) is 0. The monoisotopic (exact) mass is 596 g/mol. The minimum absolute atomic E-state index is 0.800. The topological polar surface area (TPSA) is 26.2 Å². The summed E-state index contributed by atoms with van der Waals surface area (Å²) < 4.78 is 16.7. The Hall–Kier alpha value is -3.40. The molecule has 0 bridgehead atoms. The highest BCUT2D eigenvalue weighted by Gasteiger charge is 2.03. The van der Waals surface area contributed by atoms with E-state index in [1.54, 1.807) is 0 Å². The van der Waals surface area contributed by atoms with Gasteiger partial charge in [0.05, 0.1) is 13.2 Å². The number of rotatable bonds is 24. The number of ether oxygens (including phenoxy) is 2. The maximum atomic E-state index is 6.07. The van der Waals surface area contributed by atoms with Crippen LogP contribution in [0.1, 0.15) is 103 Å². The highest BCUT2D eigenvalue weighted by atomic mass is 16.5. The van der Waals surface area contributed by atoms with Crippen LogP contribution < -0.4 is 18.6 Å². The molecule has 0 saturated carbocycles. The van der Waals surface area contributed by atoms with Gasteiger partial charge in [0.25, 0.3) is 0 Å². The molecular weight excluding hydrogens is 540 g/mol. The highest BCUT2D eigenvalue weighted by Crippen LogP contribution is 2.25. The minimum Gasteiger partial charge on any atom is -0.494 e. The molecule has 2 aromatic carbocycles. The third-order valence-electron chi connectivity index (χ3n) is 8.50. The summed E-state index contributed by atoms with van der Waals surface area (Å²) in [6, 6.07) is 25.4. The van der Waals surface area contributed by atoms with Crippen LogP contribution in [0.25, 0.3) is 10.8 Å². The molecule has 0 aliphatic rings. The number of fused-ring (bicyclic) bond motifs is 1. The van der Waals surface area contributed by atoms with Crippen molar-refractivity contribution in [1.82, 2.24) is 0 Å². The van der Waals surface area contributed by atoms with Crippen molar-refractivity contribution in [2.75, 3.05) is 13.2 Å². The van der Waals surface area contributed by atoms with Gasteiger partial charge in [-0.3, -0.25) is 0 Å². The van der Waals surface area contributed by atoms with Gasteiger partial charge in [0, 0.05) is 37.1 Å². The van der Waals surface area contributed by atoms with Gasteiger partial charge in [0.15, 0.2) is 24.8 Å². The molecule has 0 saturated heterocycles. The second kappa shape index (κ2) is 21.3. The molecule has 0 amide bonds. The second-order valence-electron chi connectivity index (χ2n) is 12.3. The first kappa shape index (κ1) is 33.5. The summed E-state index contributed by atoms with van der Waals surface area (Å²) in [7, 11) is 0. The van der Waals surface area contributed by atoms with E-state index in [4.69, 9.17) is 9.47 Å². The van der Waals surface area contributed by atoms with Crippen LogP contribution in [0.2, 0.25) is 0 Å². The predicted octanol–water partition coefficient (Wildman–Crippen LogP) is 9.81. The van der Waals surface area contributed by atoms with Crippen molar-refractivity contribution in [3.63, 3.8) is 0 Å². The normalized spacial score (nSPS) is 11.2. The van der Waals surface area contributed by atoms with Crippen molar-refractivity contribution in [3.05, 3.63) is 97.6 Å². The van der Waals surface area contributed by atoms with Gasteiger partial charge in [0.1, 0.15) is 24.6 Å². The zero-order chi connectivity index (χ0) is 30.3. The van der Waals surface area contributed by atoms with Crippen LogP contribution in [-0.4, -0.2) is 13.2 Å². The Morgan fingerprint density at radius 2 is 0.705 bits per heavy atom. The van der Waals surface area contributed by atoms with Crippen molar-refractivity contribution in [2.45, 2.75) is 116 Å². The van der Waals surface area contributed by atoms with Crippen molar-refractivity contribution in [1.29, 1.82) is 0 Å². The molecule has 2 heterocycles. The first-order valence-corrected chi connectivity index (χ1v) is 17.5. The maximum Gasteiger partial charge on any atom is 0.168 e. The molecule has 0 N–H and O–H groups in total. The molecule has 0 aliphatic heterocycles. The van der Waals surface area contributed by atoms with Crippen molar-refractivity contribution >= 4 is 10.8 Å². The van der Waals surface area contributed by atoms with Crippen LogP contribution in [0.3, 0.4) is 0 Å². The van der Waals surface area contributed by atoms with Crippen molar-refractivity contribution in [3.8, 4) is 11.5 Å². The smallest absolute Gasteiger partial charge is 0.168 e. The number of hydrogen-bond donors (Lipinski definition) is 0. The summed E-state index contributed by atoms with van der Waals surface area (Å²) >= 11 is 0. The summed E-state index contributed by atoms with van der Waals surface area (Å²) in [6.45, 7) is 3.88. The van der Waals surface area contributed by atoms with E-state index in [-0.39, 0.29) is 0 Å². The van der Waals surface area contributed by atoms with Gasteiger partial charge < -0.3 is 9.47 Å². The Balaban J connectivity index is 0.960. The number of aryl methyl sites for hydroxylation is 2. The zero-order valence-electron chi connectivity index (χ0n) is 27.1. The van der Waals surface area contributed by atoms with E-state index in [0.717, 1.165) is 50.6 Å². The largest absolute Gasteiger partial charge is 0.494 e. The second-order valence-corrected chi connectivity index (χ2v) is 12.3. The zero-order valence-corrected chi connectivity index (χ0v) is 27.1. The van der Waals surface area contributed by atoms with E-state index in [2.05, 4.69) is 107 Å². The van der Waals surface area contributed by atoms with Gasteiger partial charge in [-0.05, 0) is 60.7 Å². The Kier molecular flexibility index (Phi) is 16.2. The number of nitrogens with zero attached hydrogens (tertiary/aromatic N) is 2. The third kappa shape index (κ3) is 13.9. The summed E-state index contributed by atoms with van der Waals surface area (Å²) in [4.78, 5) is 0. The van der Waals surface area contributed by atoms with E-state index in [9.17, 15) is 0 Å². The average molecular weight is 597 g/mol. The lowest BCUT2D eigenvalue weighted by atomic mass is 10.1. The molecule has 0 atom stereocenters. The van der Waals surface area contributed by atoms with Gasteiger partial charge in [-0.1, -0.05) is 88.5 Å². The Labute approximate surface area is 267 Å². The fourth-order valence-electron chi connectivity index (χ4n) is 5.84. The molecule has 4 nitrogen and oxygen atoms in total. The van der Waals surface area contributed by atoms with Gasteiger partial charge in [-0.15, -0.1) is 0 Å². The molecule has 0 fully saturated rings. The van der Waals surface area contributed by atoms with Gasteiger partial charge in [0.2, 0.25) is 0 Å².